The first-order chi connectivity index (χ1) is 24.3. The van der Waals surface area contributed by atoms with Crippen molar-refractivity contribution in [2.75, 3.05) is 0 Å². The Kier molecular flexibility index (Phi) is 6.19. The molecule has 0 heterocycles. The van der Waals surface area contributed by atoms with Gasteiger partial charge < -0.3 is 0 Å². The van der Waals surface area contributed by atoms with Crippen molar-refractivity contribution in [2.24, 2.45) is 0 Å². The van der Waals surface area contributed by atoms with Crippen molar-refractivity contribution in [2.45, 2.75) is 5.41 Å². The van der Waals surface area contributed by atoms with Gasteiger partial charge in [-0.25, -0.2) is 0 Å². The van der Waals surface area contributed by atoms with Gasteiger partial charge in [-0.1, -0.05) is 176 Å². The average molecular weight is 621 g/mol. The predicted octanol–water partition coefficient (Wildman–Crippen LogP) is 12.8. The fraction of sp³-hybridized carbons (Fsp3) is 0.0204. The standard InChI is InChI=1S/C49H32/c1-4-15-34(16-5-1)44-32-46-41(40-27-26-37(31-45(40)44)36-25-24-33-14-10-11-17-35(33)30-36)28-29-43-42-22-12-13-23-47(42)49(48(43)46,38-18-6-2-7-19-38)39-20-8-3-9-21-39/h1-32H. The van der Waals surface area contributed by atoms with Gasteiger partial charge in [0.2, 0.25) is 0 Å². The molecule has 9 aromatic carbocycles. The molecule has 0 amide bonds. The zero-order chi connectivity index (χ0) is 32.4. The van der Waals surface area contributed by atoms with Crippen LogP contribution in [-0.4, -0.2) is 0 Å². The summed E-state index contributed by atoms with van der Waals surface area (Å²) in [6, 6.07) is 71.9. The van der Waals surface area contributed by atoms with Gasteiger partial charge in [0, 0.05) is 0 Å². The first-order valence-electron chi connectivity index (χ1n) is 17.1. The quantitative estimate of drug-likeness (QED) is 0.172. The maximum atomic E-state index is 2.49. The molecule has 0 aromatic heterocycles. The molecule has 228 valence electrons. The second-order valence-corrected chi connectivity index (χ2v) is 13.2. The van der Waals surface area contributed by atoms with E-state index in [1.54, 1.807) is 0 Å². The first-order valence-corrected chi connectivity index (χ1v) is 17.1. The van der Waals surface area contributed by atoms with Crippen LogP contribution in [0.2, 0.25) is 0 Å². The van der Waals surface area contributed by atoms with E-state index in [0.29, 0.717) is 0 Å². The molecule has 0 aliphatic heterocycles. The summed E-state index contributed by atoms with van der Waals surface area (Å²) in [6.45, 7) is 0. The lowest BCUT2D eigenvalue weighted by Crippen LogP contribution is -2.28. The third-order valence-electron chi connectivity index (χ3n) is 10.7. The number of fused-ring (bicyclic) bond motifs is 8. The molecule has 0 nitrogen and oxygen atoms in total. The van der Waals surface area contributed by atoms with E-state index in [0.717, 1.165) is 0 Å². The van der Waals surface area contributed by atoms with E-state index in [1.807, 2.05) is 0 Å². The Morgan fingerprint density at radius 2 is 0.857 bits per heavy atom. The van der Waals surface area contributed by atoms with E-state index in [2.05, 4.69) is 194 Å². The number of rotatable bonds is 4. The summed E-state index contributed by atoms with van der Waals surface area (Å²) < 4.78 is 0. The largest absolute Gasteiger partial charge is 0.0719 e. The van der Waals surface area contributed by atoms with Crippen LogP contribution in [0, 0.1) is 0 Å². The van der Waals surface area contributed by atoms with Crippen molar-refractivity contribution >= 4 is 32.3 Å². The van der Waals surface area contributed by atoms with Crippen molar-refractivity contribution in [1.82, 2.24) is 0 Å². The Morgan fingerprint density at radius 1 is 0.286 bits per heavy atom. The summed E-state index contributed by atoms with van der Waals surface area (Å²) in [5.41, 5.74) is 12.4. The van der Waals surface area contributed by atoms with Crippen molar-refractivity contribution in [3.05, 3.63) is 216 Å². The Hall–Kier alpha value is -6.24. The highest BCUT2D eigenvalue weighted by Crippen LogP contribution is 2.58. The smallest absolute Gasteiger partial charge is 0.0622 e. The maximum Gasteiger partial charge on any atom is 0.0719 e. The molecule has 9 aromatic rings. The molecule has 1 aliphatic carbocycles. The normalized spacial score (nSPS) is 13.1. The van der Waals surface area contributed by atoms with Crippen LogP contribution in [0.15, 0.2) is 194 Å². The van der Waals surface area contributed by atoms with Gasteiger partial charge in [-0.2, -0.15) is 0 Å². The van der Waals surface area contributed by atoms with Gasteiger partial charge in [-0.3, -0.25) is 0 Å². The van der Waals surface area contributed by atoms with E-state index in [9.17, 15) is 0 Å². The topological polar surface area (TPSA) is 0 Å². The highest BCUT2D eigenvalue weighted by atomic mass is 14.5. The van der Waals surface area contributed by atoms with Crippen LogP contribution in [0.4, 0.5) is 0 Å². The number of hydrogen-bond acceptors (Lipinski definition) is 0. The summed E-state index contributed by atoms with van der Waals surface area (Å²) >= 11 is 0. The minimum atomic E-state index is -0.472. The van der Waals surface area contributed by atoms with E-state index < -0.39 is 5.41 Å². The van der Waals surface area contributed by atoms with Gasteiger partial charge in [-0.05, 0) is 106 Å². The molecule has 0 saturated heterocycles. The molecule has 0 N–H and O–H groups in total. The average Bonchev–Trinajstić information content (AvgIpc) is 3.50. The van der Waals surface area contributed by atoms with Crippen LogP contribution in [0.5, 0.6) is 0 Å². The van der Waals surface area contributed by atoms with Crippen LogP contribution >= 0.6 is 0 Å². The number of benzene rings is 9. The van der Waals surface area contributed by atoms with E-state index >= 15 is 0 Å². The summed E-state index contributed by atoms with van der Waals surface area (Å²) in [7, 11) is 0. The third-order valence-corrected chi connectivity index (χ3v) is 10.7. The second-order valence-electron chi connectivity index (χ2n) is 13.2. The third kappa shape index (κ3) is 4.11. The molecule has 10 rings (SSSR count). The zero-order valence-corrected chi connectivity index (χ0v) is 27.0. The zero-order valence-electron chi connectivity index (χ0n) is 27.0. The van der Waals surface area contributed by atoms with Crippen molar-refractivity contribution in [3.8, 4) is 33.4 Å². The summed E-state index contributed by atoms with van der Waals surface area (Å²) in [4.78, 5) is 0. The van der Waals surface area contributed by atoms with Crippen LogP contribution in [0.25, 0.3) is 65.7 Å². The Bertz CT molecular complexity index is 2650. The highest BCUT2D eigenvalue weighted by molar-refractivity contribution is 6.17. The van der Waals surface area contributed by atoms with Crippen LogP contribution in [0.1, 0.15) is 22.3 Å². The van der Waals surface area contributed by atoms with Gasteiger partial charge in [0.15, 0.2) is 0 Å². The minimum Gasteiger partial charge on any atom is -0.0622 e. The molecule has 49 heavy (non-hydrogen) atoms. The molecule has 0 heteroatoms. The fourth-order valence-corrected chi connectivity index (χ4v) is 8.58. The molecule has 0 radical (unpaired) electrons. The SMILES string of the molecule is c1ccc(-c2cc3c4c(ccc3c3ccc(-c5ccc6ccccc6c5)cc23)-c2ccccc2C4(c2ccccc2)c2ccccc2)cc1. The van der Waals surface area contributed by atoms with Crippen molar-refractivity contribution < 1.29 is 0 Å². The van der Waals surface area contributed by atoms with Gasteiger partial charge >= 0.3 is 0 Å². The lowest BCUT2D eigenvalue weighted by molar-refractivity contribution is 0.775. The molecule has 0 fully saturated rings. The molecule has 0 spiro atoms. The Morgan fingerprint density at radius 3 is 1.61 bits per heavy atom. The Balaban J connectivity index is 1.34. The van der Waals surface area contributed by atoms with Crippen molar-refractivity contribution in [1.29, 1.82) is 0 Å². The summed E-state index contributed by atoms with van der Waals surface area (Å²) in [5, 5.41) is 7.64. The van der Waals surface area contributed by atoms with Crippen LogP contribution in [-0.2, 0) is 5.41 Å². The highest BCUT2D eigenvalue weighted by Gasteiger charge is 2.47. The molecule has 0 saturated carbocycles. The van der Waals surface area contributed by atoms with Gasteiger partial charge in [-0.15, -0.1) is 0 Å². The van der Waals surface area contributed by atoms with Gasteiger partial charge in [0.05, 0.1) is 5.41 Å². The van der Waals surface area contributed by atoms with Crippen molar-refractivity contribution in [3.63, 3.8) is 0 Å². The number of hydrogen-bond donors (Lipinski definition) is 0. The Labute approximate surface area is 286 Å². The van der Waals surface area contributed by atoms with Crippen LogP contribution < -0.4 is 0 Å². The van der Waals surface area contributed by atoms with E-state index in [-0.39, 0.29) is 0 Å². The van der Waals surface area contributed by atoms with Gasteiger partial charge in [0.25, 0.3) is 0 Å². The van der Waals surface area contributed by atoms with E-state index in [4.69, 9.17) is 0 Å². The summed E-state index contributed by atoms with van der Waals surface area (Å²) in [5.74, 6) is 0. The van der Waals surface area contributed by atoms with E-state index in [1.165, 1.54) is 88.0 Å². The maximum absolute atomic E-state index is 2.49. The lowest BCUT2D eigenvalue weighted by Gasteiger charge is -2.35. The summed E-state index contributed by atoms with van der Waals surface area (Å²) in [6.07, 6.45) is 0. The molecular formula is C49H32. The van der Waals surface area contributed by atoms with Gasteiger partial charge in [0.1, 0.15) is 0 Å². The molecular weight excluding hydrogens is 589 g/mol. The molecule has 0 atom stereocenters. The predicted molar refractivity (Wildman–Crippen MR) is 207 cm³/mol. The fourth-order valence-electron chi connectivity index (χ4n) is 8.58. The second kappa shape index (κ2) is 10.9. The molecule has 0 bridgehead atoms. The lowest BCUT2D eigenvalue weighted by atomic mass is 9.66. The molecule has 0 unspecified atom stereocenters. The molecule has 1 aliphatic rings. The first kappa shape index (κ1) is 27.8. The minimum absolute atomic E-state index is 0.472. The van der Waals surface area contributed by atoms with Crippen LogP contribution in [0.3, 0.4) is 0 Å². The monoisotopic (exact) mass is 620 g/mol.